The van der Waals surface area contributed by atoms with Crippen molar-refractivity contribution in [1.29, 1.82) is 0 Å². The SMILES string of the molecule is CCOc1cccc(C(=O)Nc2ccc3nc(-c4cccc(C)c4)oc3c2)c1. The quantitative estimate of drug-likeness (QED) is 0.506. The van der Waals surface area contributed by atoms with Gasteiger partial charge in [0, 0.05) is 22.9 Å². The molecular formula is C23H20N2O3. The number of nitrogens with zero attached hydrogens (tertiary/aromatic N) is 1. The molecule has 0 radical (unpaired) electrons. The van der Waals surface area contributed by atoms with Crippen LogP contribution in [0.4, 0.5) is 5.69 Å². The van der Waals surface area contributed by atoms with E-state index in [1.807, 2.05) is 56.3 Å². The summed E-state index contributed by atoms with van der Waals surface area (Å²) < 4.78 is 11.4. The van der Waals surface area contributed by atoms with Crippen molar-refractivity contribution in [3.05, 3.63) is 77.9 Å². The van der Waals surface area contributed by atoms with Crippen molar-refractivity contribution in [2.45, 2.75) is 13.8 Å². The summed E-state index contributed by atoms with van der Waals surface area (Å²) in [4.78, 5) is 17.1. The first-order valence-electron chi connectivity index (χ1n) is 9.14. The molecule has 1 heterocycles. The molecule has 0 aliphatic carbocycles. The standard InChI is InChI=1S/C23H20N2O3/c1-3-27-19-9-5-7-16(13-19)22(26)24-18-10-11-20-21(14-18)28-23(25-20)17-8-4-6-15(2)12-17/h4-14H,3H2,1-2H3,(H,24,26). The minimum atomic E-state index is -0.209. The molecule has 1 N–H and O–H groups in total. The molecular weight excluding hydrogens is 352 g/mol. The Hall–Kier alpha value is -3.60. The zero-order valence-corrected chi connectivity index (χ0v) is 15.7. The summed E-state index contributed by atoms with van der Waals surface area (Å²) >= 11 is 0. The summed E-state index contributed by atoms with van der Waals surface area (Å²) in [6.07, 6.45) is 0. The van der Waals surface area contributed by atoms with E-state index in [1.165, 1.54) is 0 Å². The highest BCUT2D eigenvalue weighted by Gasteiger charge is 2.11. The van der Waals surface area contributed by atoms with Gasteiger partial charge in [-0.3, -0.25) is 4.79 Å². The van der Waals surface area contributed by atoms with Crippen molar-refractivity contribution in [2.24, 2.45) is 0 Å². The van der Waals surface area contributed by atoms with Crippen molar-refractivity contribution in [3.63, 3.8) is 0 Å². The molecule has 28 heavy (non-hydrogen) atoms. The summed E-state index contributed by atoms with van der Waals surface area (Å²) in [5.41, 5.74) is 4.61. The number of fused-ring (bicyclic) bond motifs is 1. The summed E-state index contributed by atoms with van der Waals surface area (Å²) in [7, 11) is 0. The molecule has 0 aliphatic rings. The lowest BCUT2D eigenvalue weighted by Gasteiger charge is -2.07. The smallest absolute Gasteiger partial charge is 0.255 e. The summed E-state index contributed by atoms with van der Waals surface area (Å²) in [6.45, 7) is 4.49. The lowest BCUT2D eigenvalue weighted by molar-refractivity contribution is 0.102. The number of rotatable bonds is 5. The third kappa shape index (κ3) is 3.74. The maximum atomic E-state index is 12.6. The zero-order valence-electron chi connectivity index (χ0n) is 15.7. The number of ether oxygens (including phenoxy) is 1. The molecule has 0 unspecified atom stereocenters. The summed E-state index contributed by atoms with van der Waals surface area (Å²) in [6, 6.07) is 20.5. The Morgan fingerprint density at radius 2 is 1.93 bits per heavy atom. The van der Waals surface area contributed by atoms with Crippen LogP contribution in [0.1, 0.15) is 22.8 Å². The van der Waals surface area contributed by atoms with E-state index >= 15 is 0 Å². The molecule has 0 saturated carbocycles. The number of anilines is 1. The van der Waals surface area contributed by atoms with E-state index < -0.39 is 0 Å². The Morgan fingerprint density at radius 3 is 2.75 bits per heavy atom. The van der Waals surface area contributed by atoms with Gasteiger partial charge in [0.1, 0.15) is 11.3 Å². The average Bonchev–Trinajstić information content (AvgIpc) is 3.12. The third-order valence-electron chi connectivity index (χ3n) is 4.32. The van der Waals surface area contributed by atoms with Gasteiger partial charge in [-0.25, -0.2) is 4.98 Å². The van der Waals surface area contributed by atoms with Gasteiger partial charge in [0.05, 0.1) is 6.61 Å². The number of hydrogen-bond donors (Lipinski definition) is 1. The molecule has 0 saturated heterocycles. The first kappa shape index (κ1) is 17.8. The van der Waals surface area contributed by atoms with Crippen LogP contribution in [0.5, 0.6) is 5.75 Å². The van der Waals surface area contributed by atoms with Gasteiger partial charge in [-0.15, -0.1) is 0 Å². The second-order valence-electron chi connectivity index (χ2n) is 6.49. The van der Waals surface area contributed by atoms with Gasteiger partial charge >= 0.3 is 0 Å². The zero-order chi connectivity index (χ0) is 19.5. The fraction of sp³-hybridized carbons (Fsp3) is 0.130. The Bertz CT molecular complexity index is 1150. The molecule has 5 nitrogen and oxygen atoms in total. The van der Waals surface area contributed by atoms with Gasteiger partial charge in [-0.2, -0.15) is 0 Å². The normalized spacial score (nSPS) is 10.8. The number of aromatic nitrogens is 1. The van der Waals surface area contributed by atoms with E-state index in [0.29, 0.717) is 35.1 Å². The van der Waals surface area contributed by atoms with Gasteiger partial charge in [-0.1, -0.05) is 23.8 Å². The van der Waals surface area contributed by atoms with E-state index in [0.717, 1.165) is 16.6 Å². The summed E-state index contributed by atoms with van der Waals surface area (Å²) in [5, 5.41) is 2.90. The van der Waals surface area contributed by atoms with Crippen molar-refractivity contribution < 1.29 is 13.9 Å². The fourth-order valence-corrected chi connectivity index (χ4v) is 3.00. The molecule has 1 amide bonds. The van der Waals surface area contributed by atoms with Crippen LogP contribution in [-0.4, -0.2) is 17.5 Å². The molecule has 1 aromatic heterocycles. The number of oxazole rings is 1. The van der Waals surface area contributed by atoms with Gasteiger partial charge in [0.15, 0.2) is 5.58 Å². The molecule has 5 heteroatoms. The highest BCUT2D eigenvalue weighted by Crippen LogP contribution is 2.27. The van der Waals surface area contributed by atoms with Crippen molar-refractivity contribution in [1.82, 2.24) is 4.98 Å². The van der Waals surface area contributed by atoms with Gasteiger partial charge in [-0.05, 0) is 56.3 Å². The molecule has 0 spiro atoms. The number of amides is 1. The minimum absolute atomic E-state index is 0.209. The highest BCUT2D eigenvalue weighted by atomic mass is 16.5. The van der Waals surface area contributed by atoms with Crippen LogP contribution in [0, 0.1) is 6.92 Å². The van der Waals surface area contributed by atoms with Crippen molar-refractivity contribution in [2.75, 3.05) is 11.9 Å². The second kappa shape index (κ2) is 7.56. The first-order chi connectivity index (χ1) is 13.6. The Morgan fingerprint density at radius 1 is 1.07 bits per heavy atom. The van der Waals surface area contributed by atoms with E-state index in [2.05, 4.69) is 10.3 Å². The van der Waals surface area contributed by atoms with Gasteiger partial charge in [0.2, 0.25) is 5.89 Å². The van der Waals surface area contributed by atoms with Gasteiger partial charge in [0.25, 0.3) is 5.91 Å². The second-order valence-corrected chi connectivity index (χ2v) is 6.49. The van der Waals surface area contributed by atoms with Crippen LogP contribution in [0.3, 0.4) is 0 Å². The number of hydrogen-bond acceptors (Lipinski definition) is 4. The monoisotopic (exact) mass is 372 g/mol. The lowest BCUT2D eigenvalue weighted by Crippen LogP contribution is -2.11. The molecule has 3 aromatic carbocycles. The predicted molar refractivity (Wildman–Crippen MR) is 110 cm³/mol. The van der Waals surface area contributed by atoms with Gasteiger partial charge < -0.3 is 14.5 Å². The van der Waals surface area contributed by atoms with E-state index in [9.17, 15) is 4.79 Å². The molecule has 0 bridgehead atoms. The van der Waals surface area contributed by atoms with Crippen LogP contribution in [0.15, 0.2) is 71.1 Å². The predicted octanol–water partition coefficient (Wildman–Crippen LogP) is 5.45. The third-order valence-corrected chi connectivity index (χ3v) is 4.32. The average molecular weight is 372 g/mol. The van der Waals surface area contributed by atoms with Crippen LogP contribution >= 0.6 is 0 Å². The number of aryl methyl sites for hydroxylation is 1. The lowest BCUT2D eigenvalue weighted by atomic mass is 10.1. The maximum Gasteiger partial charge on any atom is 0.255 e. The first-order valence-corrected chi connectivity index (χ1v) is 9.14. The number of carbonyl (C=O) groups excluding carboxylic acids is 1. The molecule has 0 atom stereocenters. The van der Waals surface area contributed by atoms with Crippen molar-refractivity contribution in [3.8, 4) is 17.2 Å². The topological polar surface area (TPSA) is 64.4 Å². The number of carbonyl (C=O) groups is 1. The Kier molecular flexibility index (Phi) is 4.81. The molecule has 0 fully saturated rings. The fourth-order valence-electron chi connectivity index (χ4n) is 3.00. The van der Waals surface area contributed by atoms with E-state index in [1.54, 1.807) is 24.3 Å². The van der Waals surface area contributed by atoms with Crippen LogP contribution in [0.2, 0.25) is 0 Å². The molecule has 4 aromatic rings. The maximum absolute atomic E-state index is 12.6. The largest absolute Gasteiger partial charge is 0.494 e. The Balaban J connectivity index is 1.58. The Labute approximate surface area is 163 Å². The van der Waals surface area contributed by atoms with E-state index in [4.69, 9.17) is 9.15 Å². The highest BCUT2D eigenvalue weighted by molar-refractivity contribution is 6.05. The van der Waals surface area contributed by atoms with Crippen LogP contribution in [0.25, 0.3) is 22.6 Å². The van der Waals surface area contributed by atoms with Crippen LogP contribution < -0.4 is 10.1 Å². The molecule has 0 aliphatic heterocycles. The molecule has 4 rings (SSSR count). The molecule has 140 valence electrons. The van der Waals surface area contributed by atoms with E-state index in [-0.39, 0.29) is 5.91 Å². The number of benzene rings is 3. The number of nitrogens with one attached hydrogen (secondary N) is 1. The van der Waals surface area contributed by atoms with Crippen LogP contribution in [-0.2, 0) is 0 Å². The van der Waals surface area contributed by atoms with Crippen molar-refractivity contribution >= 4 is 22.7 Å². The minimum Gasteiger partial charge on any atom is -0.494 e. The summed E-state index contributed by atoms with van der Waals surface area (Å²) in [5.74, 6) is 1.02.